The highest BCUT2D eigenvalue weighted by molar-refractivity contribution is 7.89. The lowest BCUT2D eigenvalue weighted by atomic mass is 9.98. The van der Waals surface area contributed by atoms with Gasteiger partial charge in [0, 0.05) is 13.1 Å². The molecule has 1 aliphatic heterocycles. The summed E-state index contributed by atoms with van der Waals surface area (Å²) in [5.41, 5.74) is 2.53. The molecule has 0 aliphatic carbocycles. The monoisotopic (exact) mass is 404 g/mol. The van der Waals surface area contributed by atoms with E-state index in [1.807, 2.05) is 19.1 Å². The van der Waals surface area contributed by atoms with E-state index in [2.05, 4.69) is 5.32 Å². The fourth-order valence-corrected chi connectivity index (χ4v) is 5.81. The number of hydrogen-bond donors (Lipinski definition) is 1. The number of para-hydroxylation sites is 1. The van der Waals surface area contributed by atoms with Gasteiger partial charge in [-0.15, -0.1) is 0 Å². The number of rotatable bonds is 4. The number of carbonyl (C=O) groups is 1. The van der Waals surface area contributed by atoms with Gasteiger partial charge in [-0.25, -0.2) is 12.8 Å². The molecule has 150 valence electrons. The number of amides is 1. The van der Waals surface area contributed by atoms with Crippen LogP contribution < -0.4 is 5.32 Å². The van der Waals surface area contributed by atoms with Crippen molar-refractivity contribution in [3.05, 3.63) is 58.9 Å². The van der Waals surface area contributed by atoms with Gasteiger partial charge in [0.05, 0.1) is 16.5 Å². The lowest BCUT2D eigenvalue weighted by Crippen LogP contribution is -2.44. The molecular formula is C21H25FN2O3S. The zero-order chi connectivity index (χ0) is 20.5. The van der Waals surface area contributed by atoms with Gasteiger partial charge in [-0.3, -0.25) is 4.79 Å². The van der Waals surface area contributed by atoms with Crippen molar-refractivity contribution in [1.82, 2.24) is 4.31 Å². The van der Waals surface area contributed by atoms with Crippen molar-refractivity contribution in [2.45, 2.75) is 38.5 Å². The number of halogens is 1. The van der Waals surface area contributed by atoms with Gasteiger partial charge in [0.2, 0.25) is 15.9 Å². The van der Waals surface area contributed by atoms with Crippen LogP contribution in [-0.2, 0) is 14.8 Å². The molecule has 1 atom stereocenters. The molecule has 0 aromatic heterocycles. The maximum atomic E-state index is 13.8. The molecule has 2 aromatic rings. The van der Waals surface area contributed by atoms with Crippen LogP contribution in [-0.4, -0.2) is 31.7 Å². The van der Waals surface area contributed by atoms with Gasteiger partial charge >= 0.3 is 0 Å². The van der Waals surface area contributed by atoms with Crippen molar-refractivity contribution in [1.29, 1.82) is 0 Å². The van der Waals surface area contributed by atoms with Gasteiger partial charge in [-0.05, 0) is 56.9 Å². The minimum atomic E-state index is -3.71. The van der Waals surface area contributed by atoms with Crippen LogP contribution in [0.4, 0.5) is 10.1 Å². The van der Waals surface area contributed by atoms with Crippen molar-refractivity contribution in [3.8, 4) is 0 Å². The SMILES string of the molecule is Cc1cc(C)c(S(=O)(=O)N2CCCC(C(=O)Nc3ccccc3F)C2)c(C)c1. The number of sulfonamides is 1. The Bertz CT molecular complexity index is 981. The summed E-state index contributed by atoms with van der Waals surface area (Å²) in [6.45, 7) is 5.98. The Morgan fingerprint density at radius 3 is 2.43 bits per heavy atom. The first-order valence-electron chi connectivity index (χ1n) is 9.33. The molecule has 1 saturated heterocycles. The number of carbonyl (C=O) groups excluding carboxylic acids is 1. The molecule has 5 nitrogen and oxygen atoms in total. The standard InChI is InChI=1S/C21H25FN2O3S/c1-14-11-15(2)20(16(3)12-14)28(26,27)24-10-6-7-17(13-24)21(25)23-19-9-5-4-8-18(19)22/h4-5,8-9,11-12,17H,6-7,10,13H2,1-3H3,(H,23,25). The molecule has 1 unspecified atom stereocenters. The Morgan fingerprint density at radius 2 is 1.79 bits per heavy atom. The van der Waals surface area contributed by atoms with Crippen LogP contribution in [0.5, 0.6) is 0 Å². The van der Waals surface area contributed by atoms with Crippen molar-refractivity contribution in [2.24, 2.45) is 5.92 Å². The molecule has 1 amide bonds. The van der Waals surface area contributed by atoms with Crippen LogP contribution in [0.3, 0.4) is 0 Å². The summed E-state index contributed by atoms with van der Waals surface area (Å²) < 4.78 is 41.7. The van der Waals surface area contributed by atoms with Crippen LogP contribution in [0.1, 0.15) is 29.5 Å². The minimum absolute atomic E-state index is 0.0926. The number of anilines is 1. The van der Waals surface area contributed by atoms with Crippen molar-refractivity contribution in [3.63, 3.8) is 0 Å². The first kappa shape index (κ1) is 20.5. The Balaban J connectivity index is 1.81. The van der Waals surface area contributed by atoms with E-state index in [1.165, 1.54) is 16.4 Å². The zero-order valence-corrected chi connectivity index (χ0v) is 17.1. The molecule has 28 heavy (non-hydrogen) atoms. The number of nitrogens with zero attached hydrogens (tertiary/aromatic N) is 1. The average Bonchev–Trinajstić information content (AvgIpc) is 2.62. The number of piperidine rings is 1. The molecule has 2 aromatic carbocycles. The summed E-state index contributed by atoms with van der Waals surface area (Å²) in [7, 11) is -3.71. The lowest BCUT2D eigenvalue weighted by molar-refractivity contribution is -0.120. The normalized spacial score (nSPS) is 18.1. The topological polar surface area (TPSA) is 66.5 Å². The quantitative estimate of drug-likeness (QED) is 0.843. The molecular weight excluding hydrogens is 379 g/mol. The first-order chi connectivity index (χ1) is 13.2. The van der Waals surface area contributed by atoms with Gasteiger partial charge in [0.1, 0.15) is 5.82 Å². The van der Waals surface area contributed by atoms with Crippen molar-refractivity contribution >= 4 is 21.6 Å². The summed E-state index contributed by atoms with van der Waals surface area (Å²) in [6, 6.07) is 9.66. The van der Waals surface area contributed by atoms with Gasteiger partial charge in [0.25, 0.3) is 0 Å². The summed E-state index contributed by atoms with van der Waals surface area (Å²) in [5, 5.41) is 2.59. The van der Waals surface area contributed by atoms with E-state index < -0.39 is 21.8 Å². The fourth-order valence-electron chi connectivity index (χ4n) is 3.87. The Kier molecular flexibility index (Phi) is 5.86. The highest BCUT2D eigenvalue weighted by Crippen LogP contribution is 2.29. The lowest BCUT2D eigenvalue weighted by Gasteiger charge is -2.32. The molecule has 7 heteroatoms. The van der Waals surface area contributed by atoms with Gasteiger partial charge < -0.3 is 5.32 Å². The third kappa shape index (κ3) is 4.10. The van der Waals surface area contributed by atoms with Crippen LogP contribution >= 0.6 is 0 Å². The van der Waals surface area contributed by atoms with Gasteiger partial charge in [-0.2, -0.15) is 4.31 Å². The summed E-state index contributed by atoms with van der Waals surface area (Å²) in [6.07, 6.45) is 1.15. The number of benzene rings is 2. The van der Waals surface area contributed by atoms with E-state index in [0.717, 1.165) is 5.56 Å². The number of hydrogen-bond acceptors (Lipinski definition) is 3. The number of aryl methyl sites for hydroxylation is 3. The molecule has 0 bridgehead atoms. The fraction of sp³-hybridized carbons (Fsp3) is 0.381. The molecule has 1 heterocycles. The predicted molar refractivity (Wildman–Crippen MR) is 107 cm³/mol. The molecule has 0 radical (unpaired) electrons. The van der Waals surface area contributed by atoms with Crippen LogP contribution in [0.25, 0.3) is 0 Å². The predicted octanol–water partition coefficient (Wildman–Crippen LogP) is 3.79. The minimum Gasteiger partial charge on any atom is -0.323 e. The summed E-state index contributed by atoms with van der Waals surface area (Å²) >= 11 is 0. The van der Waals surface area contributed by atoms with Crippen molar-refractivity contribution < 1.29 is 17.6 Å². The molecule has 3 rings (SSSR count). The summed E-state index contributed by atoms with van der Waals surface area (Å²) in [4.78, 5) is 12.9. The largest absolute Gasteiger partial charge is 0.323 e. The maximum Gasteiger partial charge on any atom is 0.243 e. The van der Waals surface area contributed by atoms with Gasteiger partial charge in [-0.1, -0.05) is 29.8 Å². The smallest absolute Gasteiger partial charge is 0.243 e. The molecule has 0 spiro atoms. The van der Waals surface area contributed by atoms with E-state index >= 15 is 0 Å². The Hall–Kier alpha value is -2.25. The van der Waals surface area contributed by atoms with Crippen LogP contribution in [0.15, 0.2) is 41.3 Å². The maximum absolute atomic E-state index is 13.8. The first-order valence-corrected chi connectivity index (χ1v) is 10.8. The van der Waals surface area contributed by atoms with E-state index in [9.17, 15) is 17.6 Å². The highest BCUT2D eigenvalue weighted by atomic mass is 32.2. The molecule has 1 N–H and O–H groups in total. The highest BCUT2D eigenvalue weighted by Gasteiger charge is 2.35. The average molecular weight is 405 g/mol. The number of nitrogens with one attached hydrogen (secondary N) is 1. The van der Waals surface area contributed by atoms with Gasteiger partial charge in [0.15, 0.2) is 0 Å². The van der Waals surface area contributed by atoms with E-state index in [1.54, 1.807) is 26.0 Å². The third-order valence-electron chi connectivity index (χ3n) is 5.09. The van der Waals surface area contributed by atoms with Crippen LogP contribution in [0, 0.1) is 32.5 Å². The molecule has 0 saturated carbocycles. The van der Waals surface area contributed by atoms with E-state index in [4.69, 9.17) is 0 Å². The molecule has 1 fully saturated rings. The third-order valence-corrected chi connectivity index (χ3v) is 7.26. The Morgan fingerprint density at radius 1 is 1.14 bits per heavy atom. The van der Waals surface area contributed by atoms with Crippen LogP contribution in [0.2, 0.25) is 0 Å². The summed E-state index contributed by atoms with van der Waals surface area (Å²) in [5.74, 6) is -1.39. The second-order valence-corrected chi connectivity index (χ2v) is 9.27. The Labute approximate surface area is 165 Å². The van der Waals surface area contributed by atoms with Crippen molar-refractivity contribution in [2.75, 3.05) is 18.4 Å². The molecule has 1 aliphatic rings. The second-order valence-electron chi connectivity index (χ2n) is 7.40. The zero-order valence-electron chi connectivity index (χ0n) is 16.3. The van der Waals surface area contributed by atoms with E-state index in [-0.39, 0.29) is 18.1 Å². The van der Waals surface area contributed by atoms with E-state index in [0.29, 0.717) is 35.4 Å². The second kappa shape index (κ2) is 8.01.